The molecular weight excluding hydrogens is 130 g/mol. The Morgan fingerprint density at radius 2 is 2.30 bits per heavy atom. The van der Waals surface area contributed by atoms with Crippen molar-refractivity contribution in [1.29, 1.82) is 0 Å². The number of hydrogen-bond acceptors (Lipinski definition) is 2. The predicted molar refractivity (Wildman–Crippen MR) is 39.7 cm³/mol. The number of carbonyl (C=O) groups excluding carboxylic acids is 1. The monoisotopic (exact) mass is 145 g/mol. The van der Waals surface area contributed by atoms with E-state index < -0.39 is 0 Å². The molecule has 1 N–H and O–H groups in total. The van der Waals surface area contributed by atoms with Crippen LogP contribution >= 0.6 is 0 Å². The van der Waals surface area contributed by atoms with Crippen LogP contribution in [0.4, 0.5) is 0 Å². The number of ether oxygens (including phenoxy) is 1. The minimum absolute atomic E-state index is 0.566. The quantitative estimate of drug-likeness (QED) is 0.434. The second kappa shape index (κ2) is 6.55. The summed E-state index contributed by atoms with van der Waals surface area (Å²) in [5, 5.41) is 2.52. The van der Waals surface area contributed by atoms with Gasteiger partial charge in [-0.2, -0.15) is 0 Å². The molecule has 0 aliphatic heterocycles. The fourth-order valence-electron chi connectivity index (χ4n) is 0.509. The Morgan fingerprint density at radius 3 is 2.80 bits per heavy atom. The molecule has 0 unspecified atom stereocenters. The average molecular weight is 145 g/mol. The van der Waals surface area contributed by atoms with Gasteiger partial charge >= 0.3 is 0 Å². The van der Waals surface area contributed by atoms with E-state index in [2.05, 4.69) is 19.2 Å². The van der Waals surface area contributed by atoms with Crippen LogP contribution in [0.1, 0.15) is 13.8 Å². The van der Waals surface area contributed by atoms with E-state index in [9.17, 15) is 4.79 Å². The lowest BCUT2D eigenvalue weighted by atomic mass is 10.2. The standard InChI is InChI=1S/C7H15NO2/c1-7(2)5-10-4-3-8-6-9/h6-7H,3-5H2,1-2H3,(H,8,9). The largest absolute Gasteiger partial charge is 0.379 e. The van der Waals surface area contributed by atoms with Gasteiger partial charge in [0.15, 0.2) is 0 Å². The second-order valence-corrected chi connectivity index (χ2v) is 2.54. The zero-order valence-electron chi connectivity index (χ0n) is 6.59. The van der Waals surface area contributed by atoms with E-state index in [1.165, 1.54) is 0 Å². The third-order valence-corrected chi connectivity index (χ3v) is 0.925. The maximum atomic E-state index is 9.74. The number of amides is 1. The first kappa shape index (κ1) is 9.43. The van der Waals surface area contributed by atoms with Crippen LogP contribution in [-0.4, -0.2) is 26.2 Å². The summed E-state index contributed by atoms with van der Waals surface area (Å²) in [5.41, 5.74) is 0. The Balaban J connectivity index is 2.83. The molecule has 0 aromatic heterocycles. The highest BCUT2D eigenvalue weighted by Gasteiger charge is 1.91. The van der Waals surface area contributed by atoms with Crippen molar-refractivity contribution in [1.82, 2.24) is 5.32 Å². The number of carbonyl (C=O) groups is 1. The molecule has 0 atom stereocenters. The van der Waals surface area contributed by atoms with Crippen molar-refractivity contribution in [3.63, 3.8) is 0 Å². The molecule has 1 amide bonds. The van der Waals surface area contributed by atoms with Crippen LogP contribution in [0.2, 0.25) is 0 Å². The van der Waals surface area contributed by atoms with E-state index in [1.807, 2.05) is 0 Å². The summed E-state index contributed by atoms with van der Waals surface area (Å²) in [6, 6.07) is 0. The molecule has 3 heteroatoms. The van der Waals surface area contributed by atoms with E-state index >= 15 is 0 Å². The lowest BCUT2D eigenvalue weighted by Crippen LogP contribution is -2.18. The molecule has 0 aliphatic carbocycles. The van der Waals surface area contributed by atoms with Crippen LogP contribution in [-0.2, 0) is 9.53 Å². The normalized spacial score (nSPS) is 9.90. The zero-order chi connectivity index (χ0) is 7.82. The summed E-state index contributed by atoms with van der Waals surface area (Å²) in [7, 11) is 0. The Kier molecular flexibility index (Phi) is 6.18. The molecule has 0 aromatic rings. The van der Waals surface area contributed by atoms with Crippen molar-refractivity contribution < 1.29 is 9.53 Å². The Morgan fingerprint density at radius 1 is 1.60 bits per heavy atom. The van der Waals surface area contributed by atoms with Crippen LogP contribution in [0.15, 0.2) is 0 Å². The minimum atomic E-state index is 0.566. The van der Waals surface area contributed by atoms with Gasteiger partial charge in [0.2, 0.25) is 6.41 Å². The van der Waals surface area contributed by atoms with Crippen molar-refractivity contribution in [2.24, 2.45) is 5.92 Å². The van der Waals surface area contributed by atoms with E-state index in [4.69, 9.17) is 4.74 Å². The van der Waals surface area contributed by atoms with E-state index in [0.29, 0.717) is 25.5 Å². The van der Waals surface area contributed by atoms with Crippen molar-refractivity contribution in [3.8, 4) is 0 Å². The summed E-state index contributed by atoms with van der Waals surface area (Å²) in [5.74, 6) is 0.566. The summed E-state index contributed by atoms with van der Waals surface area (Å²) in [4.78, 5) is 9.74. The summed E-state index contributed by atoms with van der Waals surface area (Å²) in [6.07, 6.45) is 0.679. The number of rotatable bonds is 6. The third kappa shape index (κ3) is 7.43. The molecule has 10 heavy (non-hydrogen) atoms. The molecule has 60 valence electrons. The predicted octanol–water partition coefficient (Wildman–Crippen LogP) is 0.405. The summed E-state index contributed by atoms with van der Waals surface area (Å²) >= 11 is 0. The highest BCUT2D eigenvalue weighted by Crippen LogP contribution is 1.90. The molecular formula is C7H15NO2. The molecule has 0 saturated carbocycles. The van der Waals surface area contributed by atoms with Gasteiger partial charge in [0.1, 0.15) is 0 Å². The van der Waals surface area contributed by atoms with Gasteiger partial charge in [-0.25, -0.2) is 0 Å². The zero-order valence-corrected chi connectivity index (χ0v) is 6.59. The van der Waals surface area contributed by atoms with Crippen LogP contribution in [0.25, 0.3) is 0 Å². The molecule has 0 radical (unpaired) electrons. The van der Waals surface area contributed by atoms with E-state index in [-0.39, 0.29) is 0 Å². The highest BCUT2D eigenvalue weighted by molar-refractivity contribution is 5.45. The molecule has 0 bridgehead atoms. The van der Waals surface area contributed by atoms with Crippen molar-refractivity contribution in [3.05, 3.63) is 0 Å². The molecule has 0 fully saturated rings. The van der Waals surface area contributed by atoms with Gasteiger partial charge < -0.3 is 10.1 Å². The smallest absolute Gasteiger partial charge is 0.207 e. The number of hydrogen-bond donors (Lipinski definition) is 1. The molecule has 0 heterocycles. The highest BCUT2D eigenvalue weighted by atomic mass is 16.5. The average Bonchev–Trinajstić information content (AvgIpc) is 1.87. The first-order valence-electron chi connectivity index (χ1n) is 3.52. The number of nitrogens with one attached hydrogen (secondary N) is 1. The molecule has 0 rings (SSSR count). The third-order valence-electron chi connectivity index (χ3n) is 0.925. The Hall–Kier alpha value is -0.570. The molecule has 3 nitrogen and oxygen atoms in total. The molecule has 0 aromatic carbocycles. The molecule has 0 saturated heterocycles. The Labute approximate surface area is 61.8 Å². The van der Waals surface area contributed by atoms with Crippen molar-refractivity contribution >= 4 is 6.41 Å². The SMILES string of the molecule is CC(C)COCCNC=O. The first-order valence-corrected chi connectivity index (χ1v) is 3.52. The summed E-state index contributed by atoms with van der Waals surface area (Å²) in [6.45, 7) is 6.16. The van der Waals surface area contributed by atoms with Gasteiger partial charge in [-0.3, -0.25) is 4.79 Å². The lowest BCUT2D eigenvalue weighted by Gasteiger charge is -2.05. The van der Waals surface area contributed by atoms with Crippen LogP contribution in [0, 0.1) is 5.92 Å². The van der Waals surface area contributed by atoms with Gasteiger partial charge in [0.05, 0.1) is 6.61 Å². The molecule has 0 spiro atoms. The van der Waals surface area contributed by atoms with Crippen molar-refractivity contribution in [2.75, 3.05) is 19.8 Å². The molecule has 0 aliphatic rings. The van der Waals surface area contributed by atoms with Gasteiger partial charge in [-0.05, 0) is 5.92 Å². The van der Waals surface area contributed by atoms with Crippen LogP contribution in [0.5, 0.6) is 0 Å². The lowest BCUT2D eigenvalue weighted by molar-refractivity contribution is -0.109. The topological polar surface area (TPSA) is 38.3 Å². The van der Waals surface area contributed by atoms with Crippen molar-refractivity contribution in [2.45, 2.75) is 13.8 Å². The first-order chi connectivity index (χ1) is 4.77. The minimum Gasteiger partial charge on any atom is -0.379 e. The fraction of sp³-hybridized carbons (Fsp3) is 0.857. The fourth-order valence-corrected chi connectivity index (χ4v) is 0.509. The van der Waals surface area contributed by atoms with Crippen LogP contribution in [0.3, 0.4) is 0 Å². The van der Waals surface area contributed by atoms with Crippen LogP contribution < -0.4 is 5.32 Å². The Bertz CT molecular complexity index is 83.7. The van der Waals surface area contributed by atoms with Gasteiger partial charge in [-0.1, -0.05) is 13.8 Å². The van der Waals surface area contributed by atoms with Gasteiger partial charge in [-0.15, -0.1) is 0 Å². The maximum absolute atomic E-state index is 9.74. The van der Waals surface area contributed by atoms with E-state index in [1.54, 1.807) is 0 Å². The van der Waals surface area contributed by atoms with E-state index in [0.717, 1.165) is 6.61 Å². The summed E-state index contributed by atoms with van der Waals surface area (Å²) < 4.78 is 5.18. The maximum Gasteiger partial charge on any atom is 0.207 e. The van der Waals surface area contributed by atoms with Gasteiger partial charge in [0, 0.05) is 13.2 Å². The van der Waals surface area contributed by atoms with Gasteiger partial charge in [0.25, 0.3) is 0 Å². The second-order valence-electron chi connectivity index (χ2n) is 2.54.